The molecule has 3 rings (SSSR count). The highest BCUT2D eigenvalue weighted by Crippen LogP contribution is 2.41. The smallest absolute Gasteiger partial charge is 0.207 e. The Bertz CT molecular complexity index is 1170. The SMILES string of the molecule is N#Cc1ccc(-c2cc(CC(N)CCCNC=O)sc2-c2ccc(N)c(C=N)c2)cc1F. The van der Waals surface area contributed by atoms with Crippen LogP contribution in [0.4, 0.5) is 10.1 Å². The van der Waals surface area contributed by atoms with E-state index in [0.717, 1.165) is 33.7 Å². The fourth-order valence-corrected chi connectivity index (χ4v) is 4.74. The molecule has 2 aromatic carbocycles. The maximum absolute atomic E-state index is 14.3. The number of amides is 1. The number of rotatable bonds is 10. The third-order valence-electron chi connectivity index (χ3n) is 5.13. The number of carbonyl (C=O) groups excluding carboxylic acids is 1. The number of benzene rings is 2. The first-order valence-corrected chi connectivity index (χ1v) is 10.9. The molecular weight excluding hydrogens is 425 g/mol. The fraction of sp³-hybridized carbons (Fsp3) is 0.208. The van der Waals surface area contributed by atoms with Crippen LogP contribution < -0.4 is 16.8 Å². The Kier molecular flexibility index (Phi) is 7.71. The van der Waals surface area contributed by atoms with Gasteiger partial charge in [-0.1, -0.05) is 12.1 Å². The van der Waals surface area contributed by atoms with Gasteiger partial charge in [0.25, 0.3) is 0 Å². The van der Waals surface area contributed by atoms with E-state index in [1.54, 1.807) is 23.5 Å². The quantitative estimate of drug-likeness (QED) is 0.161. The normalized spacial score (nSPS) is 11.5. The fourth-order valence-electron chi connectivity index (χ4n) is 3.47. The second-order valence-corrected chi connectivity index (χ2v) is 8.57. The molecule has 0 saturated carbocycles. The van der Waals surface area contributed by atoms with E-state index in [0.29, 0.717) is 36.2 Å². The molecule has 1 unspecified atom stereocenters. The van der Waals surface area contributed by atoms with Crippen molar-refractivity contribution in [3.05, 3.63) is 64.3 Å². The summed E-state index contributed by atoms with van der Waals surface area (Å²) in [5, 5.41) is 19.3. The van der Waals surface area contributed by atoms with Crippen LogP contribution in [0.5, 0.6) is 0 Å². The molecule has 8 heteroatoms. The van der Waals surface area contributed by atoms with Gasteiger partial charge < -0.3 is 22.2 Å². The summed E-state index contributed by atoms with van der Waals surface area (Å²) in [4.78, 5) is 12.3. The van der Waals surface area contributed by atoms with Gasteiger partial charge in [-0.2, -0.15) is 5.26 Å². The standard InChI is InChI=1S/C24H24FN5OS/c25-22-9-15(3-4-17(22)12-26)21-11-20(10-19(28)2-1-7-30-14-31)32-24(21)16-5-6-23(29)18(8-16)13-27/h3-6,8-9,11,13-14,19,27H,1-2,7,10,28-29H2,(H,30,31). The number of nitriles is 1. The topological polar surface area (TPSA) is 129 Å². The van der Waals surface area contributed by atoms with Crippen molar-refractivity contribution in [1.29, 1.82) is 10.7 Å². The molecule has 6 nitrogen and oxygen atoms in total. The van der Waals surface area contributed by atoms with E-state index < -0.39 is 5.82 Å². The Hall–Kier alpha value is -3.54. The number of nitrogens with two attached hydrogens (primary N) is 2. The van der Waals surface area contributed by atoms with E-state index in [4.69, 9.17) is 22.1 Å². The summed E-state index contributed by atoms with van der Waals surface area (Å²) in [6, 6.07) is 13.8. The molecule has 0 radical (unpaired) electrons. The van der Waals surface area contributed by atoms with Gasteiger partial charge in [-0.05, 0) is 60.7 Å². The van der Waals surface area contributed by atoms with Crippen LogP contribution in [0.1, 0.15) is 28.8 Å². The van der Waals surface area contributed by atoms with E-state index in [1.165, 1.54) is 18.3 Å². The lowest BCUT2D eigenvalue weighted by molar-refractivity contribution is -0.109. The van der Waals surface area contributed by atoms with Crippen LogP contribution in [0.2, 0.25) is 0 Å². The second-order valence-electron chi connectivity index (χ2n) is 7.43. The zero-order valence-electron chi connectivity index (χ0n) is 17.4. The second kappa shape index (κ2) is 10.7. The van der Waals surface area contributed by atoms with Crippen LogP contribution >= 0.6 is 11.3 Å². The number of hydrogen-bond acceptors (Lipinski definition) is 6. The van der Waals surface area contributed by atoms with E-state index in [2.05, 4.69) is 5.32 Å². The van der Waals surface area contributed by atoms with Crippen molar-refractivity contribution >= 4 is 29.6 Å². The molecule has 1 aromatic heterocycles. The van der Waals surface area contributed by atoms with Gasteiger partial charge in [-0.3, -0.25) is 4.79 Å². The Morgan fingerprint density at radius 1 is 1.22 bits per heavy atom. The predicted octanol–water partition coefficient (Wildman–Crippen LogP) is 4.07. The minimum atomic E-state index is -0.569. The average Bonchev–Trinajstić information content (AvgIpc) is 3.20. The lowest BCUT2D eigenvalue weighted by atomic mass is 9.98. The minimum Gasteiger partial charge on any atom is -0.398 e. The first-order chi connectivity index (χ1) is 15.5. The van der Waals surface area contributed by atoms with Crippen molar-refractivity contribution in [1.82, 2.24) is 5.32 Å². The number of anilines is 1. The molecule has 0 fully saturated rings. The van der Waals surface area contributed by atoms with Gasteiger partial charge >= 0.3 is 0 Å². The summed E-state index contributed by atoms with van der Waals surface area (Å²) in [5.41, 5.74) is 15.7. The summed E-state index contributed by atoms with van der Waals surface area (Å²) >= 11 is 1.57. The van der Waals surface area contributed by atoms with Crippen molar-refractivity contribution < 1.29 is 9.18 Å². The van der Waals surface area contributed by atoms with Gasteiger partial charge in [-0.15, -0.1) is 11.3 Å². The Labute approximate surface area is 190 Å². The van der Waals surface area contributed by atoms with Gasteiger partial charge in [0.2, 0.25) is 6.41 Å². The summed E-state index contributed by atoms with van der Waals surface area (Å²) in [6.45, 7) is 0.584. The molecular formula is C24H24FN5OS. The first-order valence-electron chi connectivity index (χ1n) is 10.1. The van der Waals surface area contributed by atoms with E-state index in [-0.39, 0.29) is 11.6 Å². The maximum atomic E-state index is 14.3. The molecule has 0 spiro atoms. The molecule has 0 saturated heterocycles. The molecule has 0 aliphatic heterocycles. The summed E-state index contributed by atoms with van der Waals surface area (Å²) in [5.74, 6) is -0.569. The summed E-state index contributed by atoms with van der Waals surface area (Å²) in [6.07, 6.45) is 4.07. The third-order valence-corrected chi connectivity index (χ3v) is 6.34. The van der Waals surface area contributed by atoms with Crippen LogP contribution in [0.3, 0.4) is 0 Å². The molecule has 164 valence electrons. The molecule has 32 heavy (non-hydrogen) atoms. The largest absolute Gasteiger partial charge is 0.398 e. The van der Waals surface area contributed by atoms with E-state index in [9.17, 15) is 9.18 Å². The summed E-state index contributed by atoms with van der Waals surface area (Å²) in [7, 11) is 0. The van der Waals surface area contributed by atoms with Crippen molar-refractivity contribution in [2.24, 2.45) is 5.73 Å². The highest BCUT2D eigenvalue weighted by Gasteiger charge is 2.17. The molecule has 6 N–H and O–H groups in total. The highest BCUT2D eigenvalue weighted by atomic mass is 32.1. The zero-order valence-corrected chi connectivity index (χ0v) is 18.2. The Morgan fingerprint density at radius 3 is 2.69 bits per heavy atom. The average molecular weight is 450 g/mol. The van der Waals surface area contributed by atoms with Crippen LogP contribution in [0.15, 0.2) is 42.5 Å². The van der Waals surface area contributed by atoms with Gasteiger partial charge in [0.1, 0.15) is 11.9 Å². The van der Waals surface area contributed by atoms with Crippen molar-refractivity contribution in [3.8, 4) is 27.6 Å². The minimum absolute atomic E-state index is 0.00436. The predicted molar refractivity (Wildman–Crippen MR) is 127 cm³/mol. The molecule has 1 heterocycles. The van der Waals surface area contributed by atoms with Crippen molar-refractivity contribution in [2.45, 2.75) is 25.3 Å². The van der Waals surface area contributed by atoms with Crippen LogP contribution in [-0.2, 0) is 11.2 Å². The van der Waals surface area contributed by atoms with E-state index in [1.807, 2.05) is 24.3 Å². The molecule has 0 aliphatic carbocycles. The number of hydrogen-bond donors (Lipinski definition) is 4. The van der Waals surface area contributed by atoms with Gasteiger partial charge in [0.15, 0.2) is 0 Å². The summed E-state index contributed by atoms with van der Waals surface area (Å²) < 4.78 is 14.3. The zero-order chi connectivity index (χ0) is 23.1. The van der Waals surface area contributed by atoms with Crippen LogP contribution in [-0.4, -0.2) is 25.2 Å². The van der Waals surface area contributed by atoms with Crippen molar-refractivity contribution in [3.63, 3.8) is 0 Å². The van der Waals surface area contributed by atoms with E-state index >= 15 is 0 Å². The number of carbonyl (C=O) groups is 1. The van der Waals surface area contributed by atoms with Crippen molar-refractivity contribution in [2.75, 3.05) is 12.3 Å². The van der Waals surface area contributed by atoms with Gasteiger partial charge in [-0.25, -0.2) is 4.39 Å². The van der Waals surface area contributed by atoms with Crippen LogP contribution in [0, 0.1) is 22.6 Å². The Morgan fingerprint density at radius 2 is 2.00 bits per heavy atom. The number of thiophene rings is 1. The molecule has 3 aromatic rings. The maximum Gasteiger partial charge on any atom is 0.207 e. The molecule has 0 aliphatic rings. The number of nitrogens with zero attached hydrogens (tertiary/aromatic N) is 1. The monoisotopic (exact) mass is 449 g/mol. The lowest BCUT2D eigenvalue weighted by Crippen LogP contribution is -2.24. The molecule has 1 atom stereocenters. The number of halogens is 1. The Balaban J connectivity index is 1.98. The highest BCUT2D eigenvalue weighted by molar-refractivity contribution is 7.16. The van der Waals surface area contributed by atoms with Gasteiger partial charge in [0, 0.05) is 45.4 Å². The van der Waals surface area contributed by atoms with Gasteiger partial charge in [0.05, 0.1) is 5.56 Å². The first kappa shape index (κ1) is 23.1. The molecule has 0 bridgehead atoms. The third kappa shape index (κ3) is 5.38. The number of nitrogen functional groups attached to an aromatic ring is 1. The van der Waals surface area contributed by atoms with Crippen LogP contribution in [0.25, 0.3) is 21.6 Å². The lowest BCUT2D eigenvalue weighted by Gasteiger charge is -2.09. The number of nitrogens with one attached hydrogen (secondary N) is 2. The molecule has 1 amide bonds.